The van der Waals surface area contributed by atoms with Crippen molar-refractivity contribution in [2.75, 3.05) is 6.54 Å². The molecule has 0 aliphatic carbocycles. The standard InChI is InChI=1S/C12H18N2O4/c1-8(15)3-5-13-11(16)9(2)14-12(17)10-4-6-18-7-10/h4,6-9,15H,3,5H2,1-2H3,(H,13,16)(H,14,17). The number of aliphatic hydroxyl groups is 1. The molecule has 0 radical (unpaired) electrons. The van der Waals surface area contributed by atoms with E-state index >= 15 is 0 Å². The molecule has 6 heteroatoms. The molecule has 0 aliphatic rings. The van der Waals surface area contributed by atoms with Crippen molar-refractivity contribution in [3.63, 3.8) is 0 Å². The van der Waals surface area contributed by atoms with E-state index in [9.17, 15) is 9.59 Å². The zero-order valence-corrected chi connectivity index (χ0v) is 10.5. The van der Waals surface area contributed by atoms with Crippen molar-refractivity contribution in [2.45, 2.75) is 32.4 Å². The van der Waals surface area contributed by atoms with Crippen molar-refractivity contribution < 1.29 is 19.1 Å². The highest BCUT2D eigenvalue weighted by Crippen LogP contribution is 2.00. The van der Waals surface area contributed by atoms with Crippen molar-refractivity contribution in [1.82, 2.24) is 10.6 Å². The molecule has 0 bridgehead atoms. The van der Waals surface area contributed by atoms with E-state index in [-0.39, 0.29) is 11.8 Å². The van der Waals surface area contributed by atoms with Gasteiger partial charge in [0.1, 0.15) is 12.3 Å². The molecule has 2 atom stereocenters. The lowest BCUT2D eigenvalue weighted by Gasteiger charge is -2.14. The lowest BCUT2D eigenvalue weighted by atomic mass is 10.2. The number of hydrogen-bond donors (Lipinski definition) is 3. The highest BCUT2D eigenvalue weighted by Gasteiger charge is 2.16. The first-order valence-corrected chi connectivity index (χ1v) is 5.79. The lowest BCUT2D eigenvalue weighted by molar-refractivity contribution is -0.122. The van der Waals surface area contributed by atoms with Gasteiger partial charge in [0.25, 0.3) is 5.91 Å². The van der Waals surface area contributed by atoms with Crippen LogP contribution >= 0.6 is 0 Å². The van der Waals surface area contributed by atoms with Gasteiger partial charge in [-0.15, -0.1) is 0 Å². The number of furan rings is 1. The van der Waals surface area contributed by atoms with Crippen LogP contribution in [0.1, 0.15) is 30.6 Å². The molecule has 1 heterocycles. The summed E-state index contributed by atoms with van der Waals surface area (Å²) < 4.78 is 4.78. The summed E-state index contributed by atoms with van der Waals surface area (Å²) in [6, 6.07) is 0.884. The van der Waals surface area contributed by atoms with Gasteiger partial charge in [0.15, 0.2) is 0 Å². The molecular weight excluding hydrogens is 236 g/mol. The predicted molar refractivity (Wildman–Crippen MR) is 64.9 cm³/mol. The first-order valence-electron chi connectivity index (χ1n) is 5.79. The highest BCUT2D eigenvalue weighted by atomic mass is 16.3. The van der Waals surface area contributed by atoms with Crippen molar-refractivity contribution in [3.8, 4) is 0 Å². The minimum absolute atomic E-state index is 0.285. The molecule has 18 heavy (non-hydrogen) atoms. The molecule has 0 fully saturated rings. The Labute approximate surface area is 105 Å². The molecule has 2 unspecified atom stereocenters. The van der Waals surface area contributed by atoms with E-state index in [1.54, 1.807) is 13.8 Å². The van der Waals surface area contributed by atoms with Crippen LogP contribution in [0.25, 0.3) is 0 Å². The second kappa shape index (κ2) is 6.80. The van der Waals surface area contributed by atoms with E-state index < -0.39 is 12.1 Å². The number of hydrogen-bond acceptors (Lipinski definition) is 4. The van der Waals surface area contributed by atoms with Gasteiger partial charge in [0, 0.05) is 6.54 Å². The second-order valence-electron chi connectivity index (χ2n) is 4.14. The maximum absolute atomic E-state index is 11.6. The Kier molecular flexibility index (Phi) is 5.38. The molecule has 0 saturated heterocycles. The average Bonchev–Trinajstić information content (AvgIpc) is 2.81. The van der Waals surface area contributed by atoms with Crippen LogP contribution in [0, 0.1) is 0 Å². The number of rotatable bonds is 6. The van der Waals surface area contributed by atoms with Gasteiger partial charge in [-0.1, -0.05) is 0 Å². The summed E-state index contributed by atoms with van der Waals surface area (Å²) in [5.41, 5.74) is 0.374. The summed E-state index contributed by atoms with van der Waals surface area (Å²) in [4.78, 5) is 23.2. The number of aliphatic hydroxyl groups excluding tert-OH is 1. The van der Waals surface area contributed by atoms with Gasteiger partial charge in [0.05, 0.1) is 17.9 Å². The van der Waals surface area contributed by atoms with Crippen molar-refractivity contribution >= 4 is 11.8 Å². The Balaban J connectivity index is 2.33. The molecule has 1 aromatic heterocycles. The molecule has 100 valence electrons. The summed E-state index contributed by atoms with van der Waals surface area (Å²) in [6.07, 6.45) is 2.73. The zero-order valence-electron chi connectivity index (χ0n) is 10.5. The molecular formula is C12H18N2O4. The quantitative estimate of drug-likeness (QED) is 0.680. The van der Waals surface area contributed by atoms with Gasteiger partial charge in [0.2, 0.25) is 5.91 Å². The predicted octanol–water partition coefficient (Wildman–Crippen LogP) is 0.285. The highest BCUT2D eigenvalue weighted by molar-refractivity contribution is 5.97. The fraction of sp³-hybridized carbons (Fsp3) is 0.500. The van der Waals surface area contributed by atoms with Gasteiger partial charge >= 0.3 is 0 Å². The van der Waals surface area contributed by atoms with E-state index in [0.29, 0.717) is 18.5 Å². The normalized spacial score (nSPS) is 13.7. The molecule has 0 saturated carbocycles. The van der Waals surface area contributed by atoms with E-state index in [1.807, 2.05) is 0 Å². The third-order valence-corrected chi connectivity index (χ3v) is 2.39. The largest absolute Gasteiger partial charge is 0.472 e. The Morgan fingerprint density at radius 3 is 2.72 bits per heavy atom. The Bertz CT molecular complexity index is 387. The van der Waals surface area contributed by atoms with E-state index in [4.69, 9.17) is 9.52 Å². The minimum atomic E-state index is -0.638. The summed E-state index contributed by atoms with van der Waals surface area (Å²) >= 11 is 0. The first-order chi connectivity index (χ1) is 8.50. The van der Waals surface area contributed by atoms with Crippen LogP contribution in [-0.2, 0) is 4.79 Å². The average molecular weight is 254 g/mol. The number of nitrogens with one attached hydrogen (secondary N) is 2. The van der Waals surface area contributed by atoms with Gasteiger partial charge in [-0.3, -0.25) is 9.59 Å². The lowest BCUT2D eigenvalue weighted by Crippen LogP contribution is -2.45. The number of carbonyl (C=O) groups is 2. The van der Waals surface area contributed by atoms with Gasteiger partial charge in [-0.05, 0) is 26.3 Å². The van der Waals surface area contributed by atoms with Crippen LogP contribution in [0.3, 0.4) is 0 Å². The zero-order chi connectivity index (χ0) is 13.5. The molecule has 0 spiro atoms. The molecule has 1 rings (SSSR count). The van der Waals surface area contributed by atoms with E-state index in [1.165, 1.54) is 18.6 Å². The van der Waals surface area contributed by atoms with E-state index in [0.717, 1.165) is 0 Å². The van der Waals surface area contributed by atoms with Gasteiger partial charge < -0.3 is 20.2 Å². The minimum Gasteiger partial charge on any atom is -0.472 e. The molecule has 6 nitrogen and oxygen atoms in total. The summed E-state index contributed by atoms with van der Waals surface area (Å²) in [6.45, 7) is 3.62. The van der Waals surface area contributed by atoms with Gasteiger partial charge in [-0.2, -0.15) is 0 Å². The van der Waals surface area contributed by atoms with Crippen molar-refractivity contribution in [1.29, 1.82) is 0 Å². The fourth-order valence-corrected chi connectivity index (χ4v) is 1.30. The Morgan fingerprint density at radius 2 is 2.17 bits per heavy atom. The van der Waals surface area contributed by atoms with Crippen LogP contribution < -0.4 is 10.6 Å². The topological polar surface area (TPSA) is 91.6 Å². The summed E-state index contributed by atoms with van der Waals surface area (Å²) in [5, 5.41) is 14.2. The smallest absolute Gasteiger partial charge is 0.255 e. The Hall–Kier alpha value is -1.82. The molecule has 2 amide bonds. The molecule has 0 aromatic carbocycles. The number of amides is 2. The van der Waals surface area contributed by atoms with E-state index in [2.05, 4.69) is 10.6 Å². The maximum atomic E-state index is 11.6. The monoisotopic (exact) mass is 254 g/mol. The molecule has 1 aromatic rings. The van der Waals surface area contributed by atoms with Crippen LogP contribution in [0.2, 0.25) is 0 Å². The van der Waals surface area contributed by atoms with Crippen LogP contribution in [0.15, 0.2) is 23.0 Å². The maximum Gasteiger partial charge on any atom is 0.255 e. The first kappa shape index (κ1) is 14.2. The third kappa shape index (κ3) is 4.58. The third-order valence-electron chi connectivity index (χ3n) is 2.39. The molecule has 3 N–H and O–H groups in total. The van der Waals surface area contributed by atoms with Crippen LogP contribution in [0.4, 0.5) is 0 Å². The Morgan fingerprint density at radius 1 is 1.44 bits per heavy atom. The fourth-order valence-electron chi connectivity index (χ4n) is 1.30. The van der Waals surface area contributed by atoms with Crippen LogP contribution in [0.5, 0.6) is 0 Å². The molecule has 0 aliphatic heterocycles. The number of carbonyl (C=O) groups excluding carboxylic acids is 2. The summed E-state index contributed by atoms with van der Waals surface area (Å²) in [7, 11) is 0. The van der Waals surface area contributed by atoms with Crippen molar-refractivity contribution in [3.05, 3.63) is 24.2 Å². The van der Waals surface area contributed by atoms with Crippen LogP contribution in [-0.4, -0.2) is 35.6 Å². The van der Waals surface area contributed by atoms with Gasteiger partial charge in [-0.25, -0.2) is 0 Å². The second-order valence-corrected chi connectivity index (χ2v) is 4.14. The van der Waals surface area contributed by atoms with Crippen molar-refractivity contribution in [2.24, 2.45) is 0 Å². The SMILES string of the molecule is CC(O)CCNC(=O)C(C)NC(=O)c1ccoc1. The summed E-state index contributed by atoms with van der Waals surface area (Å²) in [5.74, 6) is -0.644.